The summed E-state index contributed by atoms with van der Waals surface area (Å²) in [4.78, 5) is 14.4. The summed E-state index contributed by atoms with van der Waals surface area (Å²) in [5, 5.41) is 0. The van der Waals surface area contributed by atoms with Gasteiger partial charge in [-0.15, -0.1) is 0 Å². The van der Waals surface area contributed by atoms with E-state index in [2.05, 4.69) is 18.9 Å². The first-order valence-corrected chi connectivity index (χ1v) is 7.14. The molecule has 1 atom stereocenters. The molecule has 1 aliphatic rings. The summed E-state index contributed by atoms with van der Waals surface area (Å²) in [7, 11) is 0. The van der Waals surface area contributed by atoms with E-state index in [1.807, 2.05) is 55.2 Å². The molecule has 3 nitrogen and oxygen atoms in total. The maximum Gasteiger partial charge on any atom is 0.254 e. The molecular weight excluding hydrogens is 260 g/mol. The second kappa shape index (κ2) is 8.10. The minimum Gasteiger partial charge on any atom is -0.405 e. The number of carbonyl (C=O) groups is 1. The topological polar surface area (TPSA) is 46.3 Å². The predicted molar refractivity (Wildman–Crippen MR) is 89.0 cm³/mol. The molecule has 21 heavy (non-hydrogen) atoms. The van der Waals surface area contributed by atoms with Gasteiger partial charge in [0, 0.05) is 12.1 Å². The molecule has 0 aliphatic carbocycles. The van der Waals surface area contributed by atoms with Crippen LogP contribution in [0.3, 0.4) is 0 Å². The molecule has 0 saturated carbocycles. The van der Waals surface area contributed by atoms with Crippen molar-refractivity contribution in [2.24, 2.45) is 5.73 Å². The third kappa shape index (κ3) is 3.63. The van der Waals surface area contributed by atoms with Gasteiger partial charge in [-0.3, -0.25) is 4.79 Å². The van der Waals surface area contributed by atoms with Crippen LogP contribution in [-0.4, -0.2) is 23.4 Å². The highest BCUT2D eigenvalue weighted by Crippen LogP contribution is 2.27. The van der Waals surface area contributed by atoms with Crippen molar-refractivity contribution in [3.8, 4) is 0 Å². The lowest BCUT2D eigenvalue weighted by Crippen LogP contribution is -2.46. The van der Waals surface area contributed by atoms with Crippen molar-refractivity contribution in [3.63, 3.8) is 0 Å². The molecule has 1 amide bonds. The molecule has 2 N–H and O–H groups in total. The third-order valence-electron chi connectivity index (χ3n) is 3.59. The number of hydrogen-bond acceptors (Lipinski definition) is 2. The van der Waals surface area contributed by atoms with Gasteiger partial charge in [-0.1, -0.05) is 43.5 Å². The van der Waals surface area contributed by atoms with E-state index in [9.17, 15) is 4.79 Å². The normalized spacial score (nSPS) is 17.4. The summed E-state index contributed by atoms with van der Waals surface area (Å²) in [6.45, 7) is 11.7. The van der Waals surface area contributed by atoms with E-state index in [0.717, 1.165) is 29.7 Å². The lowest BCUT2D eigenvalue weighted by atomic mass is 9.89. The first kappa shape index (κ1) is 16.8. The second-order valence-corrected chi connectivity index (χ2v) is 4.70. The Balaban J connectivity index is 0.000000677. The Kier molecular flexibility index (Phi) is 6.47. The largest absolute Gasteiger partial charge is 0.405 e. The molecule has 0 saturated heterocycles. The van der Waals surface area contributed by atoms with Gasteiger partial charge in [0.25, 0.3) is 5.91 Å². The Morgan fingerprint density at radius 1 is 1.43 bits per heavy atom. The molecule has 0 fully saturated rings. The Labute approximate surface area is 127 Å². The van der Waals surface area contributed by atoms with E-state index in [1.54, 1.807) is 0 Å². The zero-order chi connectivity index (χ0) is 15.8. The number of allylic oxidation sites excluding steroid dienone is 1. The predicted octanol–water partition coefficient (Wildman–Crippen LogP) is 3.29. The van der Waals surface area contributed by atoms with Crippen molar-refractivity contribution in [1.82, 2.24) is 4.90 Å². The molecule has 112 valence electrons. The van der Waals surface area contributed by atoms with E-state index in [0.29, 0.717) is 0 Å². The molecule has 2 rings (SSSR count). The molecule has 1 heterocycles. The molecule has 1 aromatic rings. The fourth-order valence-electron chi connectivity index (χ4n) is 2.63. The van der Waals surface area contributed by atoms with Gasteiger partial charge in [0.05, 0.1) is 6.04 Å². The van der Waals surface area contributed by atoms with Crippen molar-refractivity contribution in [2.45, 2.75) is 26.3 Å². The number of hydrogen-bond donors (Lipinski definition) is 1. The summed E-state index contributed by atoms with van der Waals surface area (Å²) >= 11 is 0. The Hall–Kier alpha value is -2.29. The minimum absolute atomic E-state index is 0.125. The van der Waals surface area contributed by atoms with Crippen LogP contribution in [0.25, 0.3) is 0 Å². The Morgan fingerprint density at radius 3 is 2.57 bits per heavy atom. The standard InChI is InChI=1S/C16H19NO.C2H5N/c1-4-12(5-2)15-11-13-9-7-8-10-14(13)16(18)17(15)6-3;1-2-3/h4-5,7-10,15H,1,6,11H2,2-3H3;2H,1,3H2/b12-5+;. The quantitative estimate of drug-likeness (QED) is 0.866. The highest BCUT2D eigenvalue weighted by Gasteiger charge is 2.31. The maximum atomic E-state index is 12.5. The summed E-state index contributed by atoms with van der Waals surface area (Å²) in [5.74, 6) is 0.130. The van der Waals surface area contributed by atoms with Gasteiger partial charge in [0.15, 0.2) is 0 Å². The van der Waals surface area contributed by atoms with E-state index in [1.165, 1.54) is 6.20 Å². The molecule has 0 aromatic heterocycles. The van der Waals surface area contributed by atoms with Gasteiger partial charge in [-0.2, -0.15) is 0 Å². The van der Waals surface area contributed by atoms with Gasteiger partial charge in [-0.05, 0) is 43.7 Å². The van der Waals surface area contributed by atoms with E-state index >= 15 is 0 Å². The van der Waals surface area contributed by atoms with Crippen LogP contribution in [0.5, 0.6) is 0 Å². The molecule has 1 unspecified atom stereocenters. The number of benzene rings is 1. The molecule has 3 heteroatoms. The highest BCUT2D eigenvalue weighted by atomic mass is 16.2. The number of amides is 1. The number of rotatable bonds is 3. The van der Waals surface area contributed by atoms with Gasteiger partial charge < -0.3 is 10.6 Å². The number of nitrogens with two attached hydrogens (primary N) is 1. The number of carbonyl (C=O) groups excluding carboxylic acids is 1. The first-order valence-electron chi connectivity index (χ1n) is 7.14. The second-order valence-electron chi connectivity index (χ2n) is 4.70. The van der Waals surface area contributed by atoms with Gasteiger partial charge in [0.1, 0.15) is 0 Å². The van der Waals surface area contributed by atoms with E-state index < -0.39 is 0 Å². The van der Waals surface area contributed by atoms with E-state index in [-0.39, 0.29) is 11.9 Å². The van der Waals surface area contributed by atoms with Crippen LogP contribution >= 0.6 is 0 Å². The SMILES string of the molecule is C=C/C(=C\C)C1Cc2ccccc2C(=O)N1CC.C=CN. The molecule has 0 radical (unpaired) electrons. The summed E-state index contributed by atoms with van der Waals surface area (Å²) in [6, 6.07) is 8.01. The van der Waals surface area contributed by atoms with Crippen LogP contribution in [0.1, 0.15) is 29.8 Å². The molecule has 1 aromatic carbocycles. The van der Waals surface area contributed by atoms with Crippen molar-refractivity contribution in [1.29, 1.82) is 0 Å². The maximum absolute atomic E-state index is 12.5. The molecule has 0 bridgehead atoms. The summed E-state index contributed by atoms with van der Waals surface area (Å²) < 4.78 is 0. The number of nitrogens with zero attached hydrogens (tertiary/aromatic N) is 1. The van der Waals surface area contributed by atoms with Crippen molar-refractivity contribution in [2.75, 3.05) is 6.54 Å². The number of fused-ring (bicyclic) bond motifs is 1. The smallest absolute Gasteiger partial charge is 0.254 e. The van der Waals surface area contributed by atoms with Crippen LogP contribution in [0.15, 0.2) is 61.3 Å². The average Bonchev–Trinajstić information content (AvgIpc) is 2.50. The zero-order valence-corrected chi connectivity index (χ0v) is 12.9. The number of likely N-dealkylation sites (N-methyl/N-ethyl adjacent to an activating group) is 1. The van der Waals surface area contributed by atoms with Crippen LogP contribution in [0.4, 0.5) is 0 Å². The van der Waals surface area contributed by atoms with Crippen LogP contribution in [-0.2, 0) is 6.42 Å². The Bertz CT molecular complexity index is 546. The molecule has 1 aliphatic heterocycles. The van der Waals surface area contributed by atoms with Crippen LogP contribution in [0, 0.1) is 0 Å². The summed E-state index contributed by atoms with van der Waals surface area (Å²) in [5.41, 5.74) is 7.72. The van der Waals surface area contributed by atoms with Crippen LogP contribution in [0.2, 0.25) is 0 Å². The lowest BCUT2D eigenvalue weighted by molar-refractivity contribution is 0.0695. The van der Waals surface area contributed by atoms with Crippen molar-refractivity contribution in [3.05, 3.63) is 72.5 Å². The lowest BCUT2D eigenvalue weighted by Gasteiger charge is -2.36. The monoisotopic (exact) mass is 284 g/mol. The molecular formula is C18H24N2O. The van der Waals surface area contributed by atoms with Gasteiger partial charge in [-0.25, -0.2) is 0 Å². The fraction of sp³-hybridized carbons (Fsp3) is 0.278. The highest BCUT2D eigenvalue weighted by molar-refractivity contribution is 5.97. The summed E-state index contributed by atoms with van der Waals surface area (Å²) in [6.07, 6.45) is 6.03. The average molecular weight is 284 g/mol. The zero-order valence-electron chi connectivity index (χ0n) is 12.9. The van der Waals surface area contributed by atoms with E-state index in [4.69, 9.17) is 0 Å². The third-order valence-corrected chi connectivity index (χ3v) is 3.59. The van der Waals surface area contributed by atoms with Crippen LogP contribution < -0.4 is 5.73 Å². The Morgan fingerprint density at radius 2 is 2.05 bits per heavy atom. The molecule has 0 spiro atoms. The van der Waals surface area contributed by atoms with Gasteiger partial charge in [0.2, 0.25) is 0 Å². The van der Waals surface area contributed by atoms with Crippen molar-refractivity contribution < 1.29 is 4.79 Å². The van der Waals surface area contributed by atoms with Crippen molar-refractivity contribution >= 4 is 5.91 Å². The van der Waals surface area contributed by atoms with Gasteiger partial charge >= 0.3 is 0 Å². The minimum atomic E-state index is 0.125. The fourth-order valence-corrected chi connectivity index (χ4v) is 2.63. The first-order chi connectivity index (χ1) is 10.1.